The van der Waals surface area contributed by atoms with Gasteiger partial charge in [0.1, 0.15) is 17.3 Å². The summed E-state index contributed by atoms with van der Waals surface area (Å²) in [5, 5.41) is 10.7. The van der Waals surface area contributed by atoms with Gasteiger partial charge in [-0.05, 0) is 18.7 Å². The Bertz CT molecular complexity index is 460. The highest BCUT2D eigenvalue weighted by Crippen LogP contribution is 2.17. The molecule has 0 saturated carbocycles. The van der Waals surface area contributed by atoms with Crippen LogP contribution in [0.5, 0.6) is 0 Å². The summed E-state index contributed by atoms with van der Waals surface area (Å²) in [4.78, 5) is 23.4. The number of carboxylic acids is 1. The first kappa shape index (κ1) is 15.0. The van der Waals surface area contributed by atoms with Crippen LogP contribution < -0.4 is 5.32 Å². The molecule has 0 aliphatic rings. The lowest BCUT2D eigenvalue weighted by molar-refractivity contribution is -0.138. The molecular weight excluding hydrogens is 258 g/mol. The number of carbonyl (C=O) groups is 2. The van der Waals surface area contributed by atoms with Crippen molar-refractivity contribution in [1.82, 2.24) is 4.90 Å². The normalized spacial score (nSPS) is 10.5. The highest BCUT2D eigenvalue weighted by atomic mass is 19.1. The summed E-state index contributed by atoms with van der Waals surface area (Å²) in [5.41, 5.74) is -0.529. The van der Waals surface area contributed by atoms with Crippen LogP contribution in [0.1, 0.15) is 6.92 Å². The van der Waals surface area contributed by atoms with E-state index in [1.165, 1.54) is 11.0 Å². The Morgan fingerprint density at radius 3 is 2.32 bits per heavy atom. The van der Waals surface area contributed by atoms with Crippen LogP contribution in [0.15, 0.2) is 18.2 Å². The lowest BCUT2D eigenvalue weighted by Gasteiger charge is -2.17. The van der Waals surface area contributed by atoms with Gasteiger partial charge in [0.25, 0.3) is 0 Å². The van der Waals surface area contributed by atoms with Crippen LogP contribution in [0, 0.1) is 11.6 Å². The summed E-state index contributed by atoms with van der Waals surface area (Å²) in [7, 11) is 0. The van der Waals surface area contributed by atoms with Crippen molar-refractivity contribution in [3.05, 3.63) is 29.8 Å². The van der Waals surface area contributed by atoms with Gasteiger partial charge in [-0.15, -0.1) is 0 Å². The third-order valence-electron chi connectivity index (χ3n) is 2.40. The second-order valence-electron chi connectivity index (χ2n) is 3.84. The Balaban J connectivity index is 2.67. The molecule has 0 heterocycles. The number of nitrogens with one attached hydrogen (secondary N) is 1. The van der Waals surface area contributed by atoms with Crippen LogP contribution in [-0.4, -0.2) is 41.5 Å². The zero-order chi connectivity index (χ0) is 14.4. The van der Waals surface area contributed by atoms with Crippen LogP contribution >= 0.6 is 0 Å². The maximum absolute atomic E-state index is 13.3. The Morgan fingerprint density at radius 1 is 1.26 bits per heavy atom. The molecule has 104 valence electrons. The molecule has 1 rings (SSSR count). The lowest BCUT2D eigenvalue weighted by atomic mass is 10.3. The number of para-hydroxylation sites is 1. The van der Waals surface area contributed by atoms with E-state index in [1.807, 2.05) is 0 Å². The molecule has 19 heavy (non-hydrogen) atoms. The first-order valence-corrected chi connectivity index (χ1v) is 5.62. The van der Waals surface area contributed by atoms with Crippen LogP contribution in [0.3, 0.4) is 0 Å². The monoisotopic (exact) mass is 272 g/mol. The number of carboxylic acid groups (broad SMARTS) is 1. The third kappa shape index (κ3) is 4.63. The van der Waals surface area contributed by atoms with Crippen molar-refractivity contribution < 1.29 is 23.5 Å². The number of halogens is 2. The van der Waals surface area contributed by atoms with Crippen molar-refractivity contribution in [2.45, 2.75) is 6.92 Å². The minimum atomic E-state index is -1.08. The van der Waals surface area contributed by atoms with E-state index in [0.29, 0.717) is 6.54 Å². The fourth-order valence-corrected chi connectivity index (χ4v) is 1.47. The molecule has 1 amide bonds. The fourth-order valence-electron chi connectivity index (χ4n) is 1.47. The Labute approximate surface area is 108 Å². The minimum Gasteiger partial charge on any atom is -0.480 e. The molecule has 7 heteroatoms. The number of rotatable bonds is 6. The third-order valence-corrected chi connectivity index (χ3v) is 2.40. The van der Waals surface area contributed by atoms with Crippen LogP contribution in [0.25, 0.3) is 0 Å². The summed E-state index contributed by atoms with van der Waals surface area (Å²) in [5.74, 6) is -3.51. The summed E-state index contributed by atoms with van der Waals surface area (Å²) >= 11 is 0. The first-order valence-electron chi connectivity index (χ1n) is 5.62. The van der Waals surface area contributed by atoms with Gasteiger partial charge >= 0.3 is 5.97 Å². The Morgan fingerprint density at radius 2 is 1.84 bits per heavy atom. The molecule has 5 nitrogen and oxygen atoms in total. The van der Waals surface area contributed by atoms with Crippen LogP contribution in [0.4, 0.5) is 14.5 Å². The van der Waals surface area contributed by atoms with Crippen molar-refractivity contribution >= 4 is 17.6 Å². The maximum atomic E-state index is 13.3. The Kier molecular flexibility index (Phi) is 5.37. The van der Waals surface area contributed by atoms with Crippen molar-refractivity contribution in [1.29, 1.82) is 0 Å². The van der Waals surface area contributed by atoms with Crippen molar-refractivity contribution in [3.8, 4) is 0 Å². The number of carbonyl (C=O) groups excluding carboxylic acids is 1. The molecule has 2 N–H and O–H groups in total. The average Bonchev–Trinajstić information content (AvgIpc) is 2.32. The zero-order valence-electron chi connectivity index (χ0n) is 10.3. The number of likely N-dealkylation sites (N-methyl/N-ethyl adjacent to an activating group) is 1. The number of benzene rings is 1. The molecule has 0 spiro atoms. The van der Waals surface area contributed by atoms with Gasteiger partial charge in [-0.1, -0.05) is 13.0 Å². The van der Waals surface area contributed by atoms with Gasteiger partial charge in [0.05, 0.1) is 13.1 Å². The highest BCUT2D eigenvalue weighted by Gasteiger charge is 2.15. The predicted molar refractivity (Wildman–Crippen MR) is 64.7 cm³/mol. The van der Waals surface area contributed by atoms with Gasteiger partial charge in [0, 0.05) is 0 Å². The van der Waals surface area contributed by atoms with Gasteiger partial charge in [-0.3, -0.25) is 14.5 Å². The number of anilines is 1. The topological polar surface area (TPSA) is 69.6 Å². The van der Waals surface area contributed by atoms with Gasteiger partial charge in [0.15, 0.2) is 0 Å². The average molecular weight is 272 g/mol. The van der Waals surface area contributed by atoms with E-state index in [1.54, 1.807) is 6.92 Å². The molecule has 0 aromatic heterocycles. The largest absolute Gasteiger partial charge is 0.480 e. The number of aliphatic carboxylic acids is 1. The SMILES string of the molecule is CCN(CC(=O)O)CC(=O)Nc1c(F)cccc1F. The zero-order valence-corrected chi connectivity index (χ0v) is 10.3. The van der Waals surface area contributed by atoms with E-state index in [9.17, 15) is 18.4 Å². The molecular formula is C12H14F2N2O3. The van der Waals surface area contributed by atoms with E-state index in [4.69, 9.17) is 5.11 Å². The van der Waals surface area contributed by atoms with Gasteiger partial charge in [0.2, 0.25) is 5.91 Å². The Hall–Kier alpha value is -2.02. The molecule has 0 bridgehead atoms. The number of amides is 1. The summed E-state index contributed by atoms with van der Waals surface area (Å²) in [6.45, 7) is 1.44. The molecule has 0 aliphatic carbocycles. The van der Waals surface area contributed by atoms with E-state index < -0.39 is 29.2 Å². The van der Waals surface area contributed by atoms with Crippen molar-refractivity contribution in [2.75, 3.05) is 25.0 Å². The lowest BCUT2D eigenvalue weighted by Crippen LogP contribution is -2.36. The van der Waals surface area contributed by atoms with Gasteiger partial charge < -0.3 is 10.4 Å². The molecule has 1 aromatic rings. The van der Waals surface area contributed by atoms with Gasteiger partial charge in [-0.25, -0.2) is 8.78 Å². The minimum absolute atomic E-state index is 0.253. The van der Waals surface area contributed by atoms with Crippen molar-refractivity contribution in [3.63, 3.8) is 0 Å². The van der Waals surface area contributed by atoms with E-state index >= 15 is 0 Å². The second kappa shape index (κ2) is 6.79. The molecule has 0 aliphatic heterocycles. The number of nitrogens with zero attached hydrogens (tertiary/aromatic N) is 1. The number of hydrogen-bond donors (Lipinski definition) is 2. The first-order chi connectivity index (χ1) is 8.93. The quantitative estimate of drug-likeness (QED) is 0.819. The molecule has 0 radical (unpaired) electrons. The standard InChI is InChI=1S/C12H14F2N2O3/c1-2-16(7-11(18)19)6-10(17)15-12-8(13)4-3-5-9(12)14/h3-5H,2,6-7H2,1H3,(H,15,17)(H,18,19). The van der Waals surface area contributed by atoms with E-state index in [-0.39, 0.29) is 13.1 Å². The van der Waals surface area contributed by atoms with Crippen LogP contribution in [0.2, 0.25) is 0 Å². The smallest absolute Gasteiger partial charge is 0.317 e. The molecule has 0 saturated heterocycles. The fraction of sp³-hybridized carbons (Fsp3) is 0.333. The summed E-state index contributed by atoms with van der Waals surface area (Å²) < 4.78 is 26.6. The summed E-state index contributed by atoms with van der Waals surface area (Å²) in [6, 6.07) is 3.23. The molecule has 1 aromatic carbocycles. The second-order valence-corrected chi connectivity index (χ2v) is 3.84. The maximum Gasteiger partial charge on any atom is 0.317 e. The van der Waals surface area contributed by atoms with Crippen LogP contribution in [-0.2, 0) is 9.59 Å². The molecule has 0 unspecified atom stereocenters. The molecule has 0 fully saturated rings. The number of hydrogen-bond acceptors (Lipinski definition) is 3. The van der Waals surface area contributed by atoms with E-state index in [2.05, 4.69) is 5.32 Å². The molecule has 0 atom stereocenters. The summed E-state index contributed by atoms with van der Waals surface area (Å²) in [6.07, 6.45) is 0. The van der Waals surface area contributed by atoms with Crippen molar-refractivity contribution in [2.24, 2.45) is 0 Å². The highest BCUT2D eigenvalue weighted by molar-refractivity contribution is 5.92. The predicted octanol–water partition coefficient (Wildman–Crippen LogP) is 1.31. The van der Waals surface area contributed by atoms with Gasteiger partial charge in [-0.2, -0.15) is 0 Å². The van der Waals surface area contributed by atoms with E-state index in [0.717, 1.165) is 12.1 Å².